The molecule has 35 heavy (non-hydrogen) atoms. The summed E-state index contributed by atoms with van der Waals surface area (Å²) >= 11 is 0. The molecule has 1 saturated heterocycles. The summed E-state index contributed by atoms with van der Waals surface area (Å²) in [5.74, 6) is 0. The fraction of sp³-hybridized carbons (Fsp3) is 0.258. The lowest BCUT2D eigenvalue weighted by Gasteiger charge is -2.32. The first kappa shape index (κ1) is 23.5. The maximum atomic E-state index is 6.28. The van der Waals surface area contributed by atoms with E-state index in [1.54, 1.807) is 0 Å². The highest BCUT2D eigenvalue weighted by molar-refractivity contribution is 6.62. The van der Waals surface area contributed by atoms with Crippen molar-refractivity contribution in [3.05, 3.63) is 120 Å². The maximum absolute atomic E-state index is 6.28. The number of pyridine rings is 1. The first-order valence-corrected chi connectivity index (χ1v) is 12.6. The Morgan fingerprint density at radius 2 is 1.46 bits per heavy atom. The molecule has 4 aromatic rings. The zero-order chi connectivity index (χ0) is 24.6. The van der Waals surface area contributed by atoms with Gasteiger partial charge in [0.15, 0.2) is 0 Å². The van der Waals surface area contributed by atoms with Crippen molar-refractivity contribution in [1.29, 1.82) is 0 Å². The van der Waals surface area contributed by atoms with Gasteiger partial charge in [0.25, 0.3) is 0 Å². The Kier molecular flexibility index (Phi) is 6.12. The minimum absolute atomic E-state index is 0.0277. The largest absolute Gasteiger partial charge is 0.494 e. The van der Waals surface area contributed by atoms with Crippen LogP contribution >= 0.6 is 0 Å². The van der Waals surface area contributed by atoms with Crippen molar-refractivity contribution in [2.24, 2.45) is 0 Å². The molecular formula is C31H32BNO2. The molecular weight excluding hydrogens is 429 g/mol. The molecule has 3 aromatic carbocycles. The van der Waals surface area contributed by atoms with Gasteiger partial charge in [0.05, 0.1) is 22.8 Å². The molecule has 1 aromatic heterocycles. The highest BCUT2D eigenvalue weighted by Crippen LogP contribution is 2.55. The molecule has 3 nitrogen and oxygen atoms in total. The molecule has 0 saturated carbocycles. The van der Waals surface area contributed by atoms with Gasteiger partial charge in [0.1, 0.15) is 0 Å². The van der Waals surface area contributed by atoms with Crippen molar-refractivity contribution in [3.8, 4) is 11.1 Å². The summed E-state index contributed by atoms with van der Waals surface area (Å²) in [6, 6.07) is 32.2. The Morgan fingerprint density at radius 1 is 0.771 bits per heavy atom. The van der Waals surface area contributed by atoms with Gasteiger partial charge >= 0.3 is 7.12 Å². The van der Waals surface area contributed by atoms with E-state index in [4.69, 9.17) is 14.3 Å². The topological polar surface area (TPSA) is 31.4 Å². The number of fused-ring (bicyclic) bond motifs is 3. The highest BCUT2D eigenvalue weighted by Gasteiger charge is 2.48. The molecule has 4 heteroatoms. The van der Waals surface area contributed by atoms with Crippen molar-refractivity contribution in [2.45, 2.75) is 51.7 Å². The van der Waals surface area contributed by atoms with Gasteiger partial charge in [0, 0.05) is 6.20 Å². The minimum atomic E-state index is -0.475. The predicted molar refractivity (Wildman–Crippen MR) is 144 cm³/mol. The Morgan fingerprint density at radius 3 is 2.14 bits per heavy atom. The normalized spacial score (nSPS) is 21.6. The van der Waals surface area contributed by atoms with Crippen LogP contribution in [0.2, 0.25) is 0 Å². The van der Waals surface area contributed by atoms with E-state index in [-0.39, 0.29) is 18.8 Å². The van der Waals surface area contributed by atoms with E-state index in [2.05, 4.69) is 106 Å². The van der Waals surface area contributed by atoms with Crippen LogP contribution in [0.4, 0.5) is 0 Å². The van der Waals surface area contributed by atoms with Crippen molar-refractivity contribution < 1.29 is 9.31 Å². The van der Waals surface area contributed by atoms with Crippen molar-refractivity contribution in [2.75, 3.05) is 0 Å². The smallest absolute Gasteiger partial charge is 0.402 e. The first-order chi connectivity index (χ1) is 17.0. The monoisotopic (exact) mass is 461 g/mol. The Balaban J connectivity index is 0.00000124. The van der Waals surface area contributed by atoms with Crippen LogP contribution in [0.3, 0.4) is 0 Å². The molecule has 6 rings (SSSR count). The second-order valence-electron chi connectivity index (χ2n) is 9.51. The standard InChI is InChI=1S/C29H26BNO2.C2H6/c1-20-28(2,3)33-30(32-20)22-16-17-26-24(19-22)23-13-7-8-14-25(23)29(26,21-11-5-4-6-12-21)27-15-9-10-18-31-27;1-2/h4-20H,1-3H3;1-2H3. The second kappa shape index (κ2) is 9.11. The summed E-state index contributed by atoms with van der Waals surface area (Å²) in [5.41, 5.74) is 7.43. The third-order valence-corrected chi connectivity index (χ3v) is 7.31. The Hall–Kier alpha value is -3.21. The van der Waals surface area contributed by atoms with Crippen LogP contribution in [-0.4, -0.2) is 23.8 Å². The molecule has 2 heterocycles. The van der Waals surface area contributed by atoms with Gasteiger partial charge in [-0.15, -0.1) is 0 Å². The van der Waals surface area contributed by atoms with Crippen LogP contribution in [-0.2, 0) is 14.7 Å². The number of rotatable bonds is 3. The Labute approximate surface area is 209 Å². The molecule has 0 radical (unpaired) electrons. The van der Waals surface area contributed by atoms with Crippen molar-refractivity contribution >= 4 is 12.6 Å². The zero-order valence-corrected chi connectivity index (χ0v) is 21.2. The molecule has 0 N–H and O–H groups in total. The van der Waals surface area contributed by atoms with Gasteiger partial charge in [-0.05, 0) is 66.2 Å². The van der Waals surface area contributed by atoms with E-state index in [1.807, 2.05) is 26.1 Å². The summed E-state index contributed by atoms with van der Waals surface area (Å²) in [5, 5.41) is 0. The van der Waals surface area contributed by atoms with Crippen molar-refractivity contribution in [3.63, 3.8) is 0 Å². The van der Waals surface area contributed by atoms with E-state index in [1.165, 1.54) is 27.8 Å². The summed E-state index contributed by atoms with van der Waals surface area (Å²) in [6.45, 7) is 10.2. The fourth-order valence-electron chi connectivity index (χ4n) is 5.35. The quantitative estimate of drug-likeness (QED) is 0.292. The summed E-state index contributed by atoms with van der Waals surface area (Å²) < 4.78 is 12.5. The molecule has 1 aliphatic heterocycles. The van der Waals surface area contributed by atoms with Gasteiger partial charge in [-0.2, -0.15) is 0 Å². The number of aromatic nitrogens is 1. The Bertz CT molecular complexity index is 1280. The van der Waals surface area contributed by atoms with Crippen LogP contribution in [0.25, 0.3) is 11.1 Å². The van der Waals surface area contributed by atoms with E-state index >= 15 is 0 Å². The summed E-state index contributed by atoms with van der Waals surface area (Å²) in [4.78, 5) is 4.89. The molecule has 2 atom stereocenters. The van der Waals surface area contributed by atoms with Gasteiger partial charge in [0.2, 0.25) is 0 Å². The maximum Gasteiger partial charge on any atom is 0.494 e. The summed E-state index contributed by atoms with van der Waals surface area (Å²) in [7, 11) is -0.367. The fourth-order valence-corrected chi connectivity index (χ4v) is 5.35. The van der Waals surface area contributed by atoms with Gasteiger partial charge in [-0.25, -0.2) is 0 Å². The molecule has 0 bridgehead atoms. The third-order valence-electron chi connectivity index (χ3n) is 7.31. The SMILES string of the molecule is CC.CC1OB(c2ccc3c(c2)-c2ccccc2C3(c2ccccc2)c2ccccn2)OC1(C)C. The first-order valence-electron chi connectivity index (χ1n) is 12.6. The highest BCUT2D eigenvalue weighted by atomic mass is 16.7. The van der Waals surface area contributed by atoms with E-state index in [0.717, 1.165) is 11.2 Å². The molecule has 2 aliphatic rings. The lowest BCUT2D eigenvalue weighted by molar-refractivity contribution is 0.0842. The lowest BCUT2D eigenvalue weighted by Crippen LogP contribution is -2.35. The molecule has 0 spiro atoms. The van der Waals surface area contributed by atoms with Crippen LogP contribution in [0, 0.1) is 0 Å². The number of hydrogen-bond acceptors (Lipinski definition) is 3. The molecule has 176 valence electrons. The average Bonchev–Trinajstić information content (AvgIpc) is 3.36. The lowest BCUT2D eigenvalue weighted by atomic mass is 9.69. The van der Waals surface area contributed by atoms with Crippen LogP contribution < -0.4 is 5.46 Å². The predicted octanol–water partition coefficient (Wildman–Crippen LogP) is 6.38. The van der Waals surface area contributed by atoms with Crippen LogP contribution in [0.15, 0.2) is 97.2 Å². The number of benzene rings is 3. The van der Waals surface area contributed by atoms with Crippen LogP contribution in [0.1, 0.15) is 57.0 Å². The second-order valence-corrected chi connectivity index (χ2v) is 9.51. The number of hydrogen-bond donors (Lipinski definition) is 0. The van der Waals surface area contributed by atoms with Gasteiger partial charge in [-0.1, -0.05) is 92.7 Å². The van der Waals surface area contributed by atoms with Gasteiger partial charge < -0.3 is 9.31 Å². The van der Waals surface area contributed by atoms with E-state index in [9.17, 15) is 0 Å². The minimum Gasteiger partial charge on any atom is -0.402 e. The average molecular weight is 461 g/mol. The van der Waals surface area contributed by atoms with Crippen molar-refractivity contribution in [1.82, 2.24) is 4.98 Å². The summed E-state index contributed by atoms with van der Waals surface area (Å²) in [6.07, 6.45) is 1.92. The number of nitrogens with zero attached hydrogens (tertiary/aromatic N) is 1. The molecule has 1 aliphatic carbocycles. The zero-order valence-electron chi connectivity index (χ0n) is 21.2. The van der Waals surface area contributed by atoms with E-state index < -0.39 is 5.41 Å². The van der Waals surface area contributed by atoms with Crippen LogP contribution in [0.5, 0.6) is 0 Å². The molecule has 0 amide bonds. The van der Waals surface area contributed by atoms with E-state index in [0.29, 0.717) is 0 Å². The molecule has 2 unspecified atom stereocenters. The molecule has 1 fully saturated rings. The van der Waals surface area contributed by atoms with Gasteiger partial charge in [-0.3, -0.25) is 4.98 Å². The third kappa shape index (κ3) is 3.64.